The average Bonchev–Trinajstić information content (AvgIpc) is 2.94. The van der Waals surface area contributed by atoms with Gasteiger partial charge in [0.2, 0.25) is 0 Å². The first-order chi connectivity index (χ1) is 11.7. The summed E-state index contributed by atoms with van der Waals surface area (Å²) < 4.78 is 0.821. The Labute approximate surface area is 150 Å². The third-order valence-corrected chi connectivity index (χ3v) is 5.25. The number of carbonyl (C=O) groups is 1. The average molecular weight is 356 g/mol. The molecule has 0 saturated heterocycles. The molecule has 6 nitrogen and oxygen atoms in total. The molecule has 1 aromatic carbocycles. The van der Waals surface area contributed by atoms with E-state index in [4.69, 9.17) is 4.98 Å². The van der Waals surface area contributed by atoms with Crippen LogP contribution in [0.4, 0.5) is 0 Å². The lowest BCUT2D eigenvalue weighted by atomic mass is 10.0. The van der Waals surface area contributed by atoms with Gasteiger partial charge in [0.1, 0.15) is 11.1 Å². The van der Waals surface area contributed by atoms with Gasteiger partial charge in [0, 0.05) is 11.1 Å². The highest BCUT2D eigenvalue weighted by atomic mass is 32.2. The Balaban J connectivity index is 2.24. The number of aliphatic carboxylic acids is 1. The predicted octanol–water partition coefficient (Wildman–Crippen LogP) is 3.70. The molecule has 0 spiro atoms. The van der Waals surface area contributed by atoms with Crippen LogP contribution in [-0.2, 0) is 4.79 Å². The van der Waals surface area contributed by atoms with Crippen LogP contribution in [0.15, 0.2) is 29.7 Å². The Hall–Kier alpha value is -2.41. The molecule has 0 radical (unpaired) electrons. The molecular formula is C18H20N4O2S. The summed E-state index contributed by atoms with van der Waals surface area (Å²) in [5, 5.41) is 19.1. The van der Waals surface area contributed by atoms with E-state index in [0.29, 0.717) is 5.16 Å². The second kappa shape index (κ2) is 6.15. The lowest BCUT2D eigenvalue weighted by Gasteiger charge is -2.19. The fourth-order valence-electron chi connectivity index (χ4n) is 2.74. The Kier molecular flexibility index (Phi) is 4.28. The molecule has 25 heavy (non-hydrogen) atoms. The minimum Gasteiger partial charge on any atom is -0.480 e. The number of thioether (sulfide) groups is 1. The van der Waals surface area contributed by atoms with Gasteiger partial charge in [0.25, 0.3) is 0 Å². The fourth-order valence-corrected chi connectivity index (χ4v) is 3.60. The van der Waals surface area contributed by atoms with Crippen molar-refractivity contribution in [2.24, 2.45) is 0 Å². The van der Waals surface area contributed by atoms with Gasteiger partial charge in [-0.1, -0.05) is 23.9 Å². The van der Waals surface area contributed by atoms with E-state index in [9.17, 15) is 9.90 Å². The maximum absolute atomic E-state index is 11.5. The third kappa shape index (κ3) is 3.11. The highest BCUT2D eigenvalue weighted by Crippen LogP contribution is 2.35. The SMILES string of the molecule is Cc1ccc2c(C)cc(C)c(-n3cnnc3SC(C)(C)C(=O)O)c2n1. The maximum Gasteiger partial charge on any atom is 0.319 e. The van der Waals surface area contributed by atoms with E-state index in [1.807, 2.05) is 24.5 Å². The smallest absolute Gasteiger partial charge is 0.319 e. The number of aromatic nitrogens is 4. The zero-order valence-corrected chi connectivity index (χ0v) is 15.7. The molecule has 0 aliphatic heterocycles. The molecule has 3 rings (SSSR count). The van der Waals surface area contributed by atoms with Crippen molar-refractivity contribution in [1.29, 1.82) is 0 Å². The van der Waals surface area contributed by atoms with Gasteiger partial charge in [-0.15, -0.1) is 10.2 Å². The van der Waals surface area contributed by atoms with Crippen LogP contribution in [-0.4, -0.2) is 35.6 Å². The zero-order valence-electron chi connectivity index (χ0n) is 14.9. The second-order valence-corrected chi connectivity index (χ2v) is 8.20. The van der Waals surface area contributed by atoms with Crippen molar-refractivity contribution in [2.75, 3.05) is 0 Å². The number of carboxylic acids is 1. The largest absolute Gasteiger partial charge is 0.480 e. The number of hydrogen-bond donors (Lipinski definition) is 1. The van der Waals surface area contributed by atoms with Crippen LogP contribution in [0, 0.1) is 20.8 Å². The minimum atomic E-state index is -1.01. The molecule has 7 heteroatoms. The molecule has 130 valence electrons. The molecule has 0 fully saturated rings. The van der Waals surface area contributed by atoms with E-state index in [1.54, 1.807) is 20.2 Å². The van der Waals surface area contributed by atoms with Crippen LogP contribution >= 0.6 is 11.8 Å². The summed E-state index contributed by atoms with van der Waals surface area (Å²) in [5.74, 6) is -0.897. The number of pyridine rings is 1. The van der Waals surface area contributed by atoms with Crippen molar-refractivity contribution in [3.05, 3.63) is 41.3 Å². The van der Waals surface area contributed by atoms with Crippen LogP contribution in [0.25, 0.3) is 16.6 Å². The van der Waals surface area contributed by atoms with Gasteiger partial charge in [-0.05, 0) is 51.8 Å². The topological polar surface area (TPSA) is 80.9 Å². The fraction of sp³-hybridized carbons (Fsp3) is 0.333. The minimum absolute atomic E-state index is 0.531. The lowest BCUT2D eigenvalue weighted by Crippen LogP contribution is -2.27. The van der Waals surface area contributed by atoms with E-state index < -0.39 is 10.7 Å². The summed E-state index contributed by atoms with van der Waals surface area (Å²) in [5.41, 5.74) is 4.87. The highest BCUT2D eigenvalue weighted by molar-refractivity contribution is 8.01. The molecule has 0 atom stereocenters. The standard InChI is InChI=1S/C18H20N4O2S/c1-10-8-11(2)15(14-13(10)7-6-12(3)20-14)22-9-19-21-17(22)25-18(4,5)16(23)24/h6-9H,1-5H3,(H,23,24). The van der Waals surface area contributed by atoms with E-state index >= 15 is 0 Å². The Bertz CT molecular complexity index is 979. The number of carboxylic acid groups (broad SMARTS) is 1. The Morgan fingerprint density at radius 2 is 1.92 bits per heavy atom. The van der Waals surface area contributed by atoms with Gasteiger partial charge in [-0.25, -0.2) is 0 Å². The predicted molar refractivity (Wildman–Crippen MR) is 98.4 cm³/mol. The van der Waals surface area contributed by atoms with E-state index in [2.05, 4.69) is 29.3 Å². The monoisotopic (exact) mass is 356 g/mol. The number of hydrogen-bond acceptors (Lipinski definition) is 5. The summed E-state index contributed by atoms with van der Waals surface area (Å²) in [6.07, 6.45) is 1.61. The lowest BCUT2D eigenvalue weighted by molar-refractivity contribution is -0.138. The van der Waals surface area contributed by atoms with Crippen LogP contribution in [0.5, 0.6) is 0 Å². The molecule has 3 aromatic rings. The summed E-state index contributed by atoms with van der Waals surface area (Å²) in [6, 6.07) is 6.16. The second-order valence-electron chi connectivity index (χ2n) is 6.61. The first kappa shape index (κ1) is 17.4. The summed E-state index contributed by atoms with van der Waals surface area (Å²) in [4.78, 5) is 16.2. The van der Waals surface area contributed by atoms with Crippen LogP contribution in [0.3, 0.4) is 0 Å². The van der Waals surface area contributed by atoms with Crippen LogP contribution in [0.1, 0.15) is 30.7 Å². The quantitative estimate of drug-likeness (QED) is 0.718. The summed E-state index contributed by atoms with van der Waals surface area (Å²) in [6.45, 7) is 9.34. The number of fused-ring (bicyclic) bond motifs is 1. The van der Waals surface area contributed by atoms with E-state index in [0.717, 1.165) is 33.4 Å². The van der Waals surface area contributed by atoms with Gasteiger partial charge in [-0.3, -0.25) is 14.3 Å². The number of aryl methyl sites for hydroxylation is 3. The zero-order chi connectivity index (χ0) is 18.4. The van der Waals surface area contributed by atoms with Crippen molar-refractivity contribution in [3.63, 3.8) is 0 Å². The molecular weight excluding hydrogens is 336 g/mol. The van der Waals surface area contributed by atoms with Gasteiger partial charge in [0.05, 0.1) is 11.2 Å². The van der Waals surface area contributed by atoms with Crippen molar-refractivity contribution in [3.8, 4) is 5.69 Å². The summed E-state index contributed by atoms with van der Waals surface area (Å²) >= 11 is 1.17. The van der Waals surface area contributed by atoms with Gasteiger partial charge in [0.15, 0.2) is 5.16 Å². The Morgan fingerprint density at radius 3 is 2.60 bits per heavy atom. The third-order valence-electron chi connectivity index (χ3n) is 4.11. The van der Waals surface area contributed by atoms with E-state index in [-0.39, 0.29) is 0 Å². The first-order valence-electron chi connectivity index (χ1n) is 7.91. The molecule has 2 aromatic heterocycles. The molecule has 0 amide bonds. The van der Waals surface area contributed by atoms with Crippen molar-refractivity contribution in [1.82, 2.24) is 19.7 Å². The molecule has 0 aliphatic carbocycles. The highest BCUT2D eigenvalue weighted by Gasteiger charge is 2.31. The van der Waals surface area contributed by atoms with Crippen LogP contribution < -0.4 is 0 Å². The maximum atomic E-state index is 11.5. The molecule has 0 saturated carbocycles. The summed E-state index contributed by atoms with van der Waals surface area (Å²) in [7, 11) is 0. The molecule has 2 heterocycles. The molecule has 0 unspecified atom stereocenters. The molecule has 0 bridgehead atoms. The molecule has 0 aliphatic rings. The molecule has 1 N–H and O–H groups in total. The number of rotatable bonds is 4. The number of benzene rings is 1. The van der Waals surface area contributed by atoms with Crippen molar-refractivity contribution >= 4 is 28.6 Å². The van der Waals surface area contributed by atoms with Crippen LogP contribution in [0.2, 0.25) is 0 Å². The van der Waals surface area contributed by atoms with Gasteiger partial charge in [-0.2, -0.15) is 0 Å². The van der Waals surface area contributed by atoms with Crippen molar-refractivity contribution < 1.29 is 9.90 Å². The number of nitrogens with zero attached hydrogens (tertiary/aromatic N) is 4. The normalized spacial score (nSPS) is 11.9. The van der Waals surface area contributed by atoms with Gasteiger partial charge >= 0.3 is 5.97 Å². The van der Waals surface area contributed by atoms with E-state index in [1.165, 1.54) is 11.8 Å². The van der Waals surface area contributed by atoms with Gasteiger partial charge < -0.3 is 5.11 Å². The Morgan fingerprint density at radius 1 is 1.20 bits per heavy atom. The first-order valence-corrected chi connectivity index (χ1v) is 8.72. The van der Waals surface area contributed by atoms with Crippen molar-refractivity contribution in [2.45, 2.75) is 44.5 Å².